The third-order valence-corrected chi connectivity index (χ3v) is 3.74. The molecule has 0 saturated heterocycles. The molecule has 1 saturated carbocycles. The summed E-state index contributed by atoms with van der Waals surface area (Å²) in [4.78, 5) is 11.3. The summed E-state index contributed by atoms with van der Waals surface area (Å²) in [6.07, 6.45) is 19.6. The maximum atomic E-state index is 11.3. The lowest BCUT2D eigenvalue weighted by atomic mass is 10.0. The lowest BCUT2D eigenvalue weighted by molar-refractivity contribution is -0.119. The van der Waals surface area contributed by atoms with Crippen LogP contribution in [0.25, 0.3) is 0 Å². The van der Waals surface area contributed by atoms with Crippen LogP contribution in [0.4, 0.5) is 0 Å². The van der Waals surface area contributed by atoms with E-state index in [4.69, 9.17) is 4.74 Å². The zero-order valence-electron chi connectivity index (χ0n) is 12.4. The number of Topliss-reactive ketones (excluding diaryl/α,β-unsaturated/α-hetero) is 1. The summed E-state index contributed by atoms with van der Waals surface area (Å²) in [5.41, 5.74) is 0. The van der Waals surface area contributed by atoms with Crippen molar-refractivity contribution in [2.24, 2.45) is 0 Å². The summed E-state index contributed by atoms with van der Waals surface area (Å²) >= 11 is 0. The van der Waals surface area contributed by atoms with Crippen LogP contribution >= 0.6 is 0 Å². The van der Waals surface area contributed by atoms with Crippen molar-refractivity contribution in [3.05, 3.63) is 12.3 Å². The van der Waals surface area contributed by atoms with Crippen molar-refractivity contribution in [2.45, 2.75) is 83.5 Å². The summed E-state index contributed by atoms with van der Waals surface area (Å²) in [6, 6.07) is 0. The molecule has 0 N–H and O–H groups in total. The van der Waals surface area contributed by atoms with E-state index in [0.29, 0.717) is 5.78 Å². The quantitative estimate of drug-likeness (QED) is 0.604. The Balaban J connectivity index is 0.000000250. The van der Waals surface area contributed by atoms with Gasteiger partial charge in [-0.05, 0) is 31.8 Å². The van der Waals surface area contributed by atoms with E-state index in [9.17, 15) is 4.79 Å². The molecule has 0 radical (unpaired) electrons. The molecule has 0 aromatic heterocycles. The highest BCUT2D eigenvalue weighted by molar-refractivity contribution is 5.78. The van der Waals surface area contributed by atoms with Gasteiger partial charge in [-0.2, -0.15) is 0 Å². The second-order valence-electron chi connectivity index (χ2n) is 5.61. The third-order valence-electron chi connectivity index (χ3n) is 3.74. The third kappa shape index (κ3) is 10.8. The number of ether oxygens (including phenoxy) is 1. The molecule has 0 aromatic rings. The van der Waals surface area contributed by atoms with Crippen LogP contribution in [0, 0.1) is 0 Å². The molecule has 2 rings (SSSR count). The first-order valence-electron chi connectivity index (χ1n) is 8.18. The van der Waals surface area contributed by atoms with Gasteiger partial charge in [0.05, 0.1) is 12.9 Å². The molecular formula is C17H30O2. The van der Waals surface area contributed by atoms with Crippen LogP contribution < -0.4 is 0 Å². The minimum Gasteiger partial charge on any atom is -0.502 e. The second kappa shape index (κ2) is 12.3. The Morgan fingerprint density at radius 1 is 0.737 bits per heavy atom. The molecule has 2 aliphatic rings. The summed E-state index contributed by atoms with van der Waals surface area (Å²) in [7, 11) is 0. The Kier molecular flexibility index (Phi) is 10.5. The molecule has 0 bridgehead atoms. The number of rotatable bonds is 0. The lowest BCUT2D eigenvalue weighted by Gasteiger charge is -2.05. The number of hydrogen-bond acceptors (Lipinski definition) is 2. The predicted molar refractivity (Wildman–Crippen MR) is 80.1 cm³/mol. The van der Waals surface area contributed by atoms with Crippen LogP contribution in [0.15, 0.2) is 12.3 Å². The van der Waals surface area contributed by atoms with E-state index >= 15 is 0 Å². The van der Waals surface area contributed by atoms with Crippen molar-refractivity contribution in [3.63, 3.8) is 0 Å². The first-order chi connectivity index (χ1) is 9.39. The summed E-state index contributed by atoms with van der Waals surface area (Å²) in [5.74, 6) is 0.501. The Morgan fingerprint density at radius 2 is 1.26 bits per heavy atom. The molecule has 0 unspecified atom stereocenters. The fourth-order valence-electron chi connectivity index (χ4n) is 2.50. The van der Waals surface area contributed by atoms with Crippen molar-refractivity contribution in [3.8, 4) is 0 Å². The van der Waals surface area contributed by atoms with Gasteiger partial charge in [-0.15, -0.1) is 0 Å². The monoisotopic (exact) mass is 266 g/mol. The molecule has 0 spiro atoms. The van der Waals surface area contributed by atoms with Crippen molar-refractivity contribution in [1.29, 1.82) is 0 Å². The number of hydrogen-bond donors (Lipinski definition) is 0. The van der Waals surface area contributed by atoms with Gasteiger partial charge in [0, 0.05) is 12.8 Å². The molecule has 19 heavy (non-hydrogen) atoms. The smallest absolute Gasteiger partial charge is 0.132 e. The summed E-state index contributed by atoms with van der Waals surface area (Å²) in [5, 5.41) is 0. The van der Waals surface area contributed by atoms with Gasteiger partial charge in [0.1, 0.15) is 5.78 Å². The van der Waals surface area contributed by atoms with Gasteiger partial charge >= 0.3 is 0 Å². The number of carbonyl (C=O) groups is 1. The van der Waals surface area contributed by atoms with Gasteiger partial charge in [0.2, 0.25) is 0 Å². The molecule has 110 valence electrons. The Morgan fingerprint density at radius 3 is 1.58 bits per heavy atom. The molecule has 1 fully saturated rings. The van der Waals surface area contributed by atoms with Crippen LogP contribution in [0.5, 0.6) is 0 Å². The average Bonchev–Trinajstić information content (AvgIpc) is 2.45. The van der Waals surface area contributed by atoms with E-state index in [-0.39, 0.29) is 0 Å². The second-order valence-corrected chi connectivity index (χ2v) is 5.61. The van der Waals surface area contributed by atoms with E-state index < -0.39 is 0 Å². The van der Waals surface area contributed by atoms with Gasteiger partial charge in [-0.25, -0.2) is 0 Å². The molecule has 1 aliphatic heterocycles. The molecule has 1 aliphatic carbocycles. The average molecular weight is 266 g/mol. The number of carbonyl (C=O) groups excluding carboxylic acids is 1. The zero-order valence-corrected chi connectivity index (χ0v) is 12.4. The maximum absolute atomic E-state index is 11.3. The Bertz CT molecular complexity index is 224. The largest absolute Gasteiger partial charge is 0.502 e. The van der Waals surface area contributed by atoms with Gasteiger partial charge in [0.25, 0.3) is 0 Å². The number of ketones is 1. The molecule has 0 amide bonds. The predicted octanol–water partition coefficient (Wildman–Crippen LogP) is 5.17. The molecule has 2 nitrogen and oxygen atoms in total. The van der Waals surface area contributed by atoms with E-state index in [2.05, 4.69) is 0 Å². The van der Waals surface area contributed by atoms with Crippen molar-refractivity contribution >= 4 is 5.78 Å². The zero-order chi connectivity index (χ0) is 13.6. The van der Waals surface area contributed by atoms with Gasteiger partial charge in [-0.3, -0.25) is 4.79 Å². The summed E-state index contributed by atoms with van der Waals surface area (Å²) < 4.78 is 4.89. The lowest BCUT2D eigenvalue weighted by Crippen LogP contribution is -1.98. The highest BCUT2D eigenvalue weighted by atomic mass is 16.5. The van der Waals surface area contributed by atoms with Crippen molar-refractivity contribution < 1.29 is 9.53 Å². The van der Waals surface area contributed by atoms with Gasteiger partial charge in [-0.1, -0.05) is 44.9 Å². The fraction of sp³-hybridized carbons (Fsp3) is 0.824. The van der Waals surface area contributed by atoms with Crippen molar-refractivity contribution in [1.82, 2.24) is 0 Å². The standard InChI is InChI=1S/C12H22O.C5H8O/c13-12-10-8-6-4-2-1-3-5-7-9-11-12;1-2-4-6-5-3-1/h1-11H2;2,4H,1,3,5H2. The van der Waals surface area contributed by atoms with Crippen LogP contribution in [0.3, 0.4) is 0 Å². The molecule has 0 aromatic carbocycles. The first kappa shape index (κ1) is 16.3. The highest BCUT2D eigenvalue weighted by Gasteiger charge is 2.02. The minimum absolute atomic E-state index is 0.501. The van der Waals surface area contributed by atoms with Crippen LogP contribution in [0.2, 0.25) is 0 Å². The first-order valence-corrected chi connectivity index (χ1v) is 8.18. The van der Waals surface area contributed by atoms with E-state index in [1.165, 1.54) is 57.8 Å². The Labute approximate surface area is 118 Å². The van der Waals surface area contributed by atoms with Crippen molar-refractivity contribution in [2.75, 3.05) is 6.61 Å². The SMILES string of the molecule is C1=COCCC1.O=C1CCCCCCCCCCC1. The summed E-state index contributed by atoms with van der Waals surface area (Å²) in [6.45, 7) is 0.913. The van der Waals surface area contributed by atoms with Gasteiger partial charge in [0.15, 0.2) is 0 Å². The highest BCUT2D eigenvalue weighted by Crippen LogP contribution is 2.14. The topological polar surface area (TPSA) is 26.3 Å². The fourth-order valence-corrected chi connectivity index (χ4v) is 2.50. The Hall–Kier alpha value is -0.790. The van der Waals surface area contributed by atoms with E-state index in [1.54, 1.807) is 6.26 Å². The van der Waals surface area contributed by atoms with E-state index in [0.717, 1.165) is 32.3 Å². The molecule has 0 atom stereocenters. The van der Waals surface area contributed by atoms with Crippen LogP contribution in [-0.2, 0) is 9.53 Å². The van der Waals surface area contributed by atoms with Crippen LogP contribution in [-0.4, -0.2) is 12.4 Å². The van der Waals surface area contributed by atoms with Crippen LogP contribution in [0.1, 0.15) is 83.5 Å². The van der Waals surface area contributed by atoms with Gasteiger partial charge < -0.3 is 4.74 Å². The molecule has 1 heterocycles. The number of allylic oxidation sites excluding steroid dienone is 1. The molecule has 2 heteroatoms. The minimum atomic E-state index is 0.501. The maximum Gasteiger partial charge on any atom is 0.132 e. The molecular weight excluding hydrogens is 236 g/mol. The van der Waals surface area contributed by atoms with E-state index in [1.807, 2.05) is 6.08 Å². The normalized spacial score (nSPS) is 22.2.